The van der Waals surface area contributed by atoms with Crippen LogP contribution in [0, 0.1) is 6.92 Å². The average molecular weight is 445 g/mol. The molecule has 6 heteroatoms. The molecule has 160 valence electrons. The minimum Gasteiger partial charge on any atom is -0.462 e. The fraction of sp³-hybridized carbons (Fsp3) is 0.375. The molecule has 2 aromatic carbocycles. The van der Waals surface area contributed by atoms with E-state index >= 15 is 0 Å². The van der Waals surface area contributed by atoms with Crippen molar-refractivity contribution in [3.8, 4) is 0 Å². The summed E-state index contributed by atoms with van der Waals surface area (Å²) in [6.07, 6.45) is 1.10. The molecule has 0 radical (unpaired) electrons. The van der Waals surface area contributed by atoms with Crippen LogP contribution in [-0.4, -0.2) is 50.2 Å². The highest BCUT2D eigenvalue weighted by Gasteiger charge is 2.20. The van der Waals surface area contributed by atoms with Crippen molar-refractivity contribution in [1.29, 1.82) is 0 Å². The summed E-state index contributed by atoms with van der Waals surface area (Å²) in [5.74, 6) is -0.222. The van der Waals surface area contributed by atoms with Crippen LogP contribution < -0.4 is 4.90 Å². The Hall–Kier alpha value is -2.08. The van der Waals surface area contributed by atoms with Crippen molar-refractivity contribution in [3.63, 3.8) is 0 Å². The minimum absolute atomic E-state index is 0. The quantitative estimate of drug-likeness (QED) is 0.491. The second-order valence-corrected chi connectivity index (χ2v) is 8.67. The van der Waals surface area contributed by atoms with Crippen LogP contribution in [0.25, 0.3) is 10.1 Å². The van der Waals surface area contributed by atoms with Crippen molar-refractivity contribution in [2.75, 3.05) is 44.2 Å². The maximum Gasteiger partial charge on any atom is 0.348 e. The molecule has 1 aromatic heterocycles. The summed E-state index contributed by atoms with van der Waals surface area (Å²) in [5, 5.41) is 1.16. The van der Waals surface area contributed by atoms with E-state index in [0.717, 1.165) is 49.2 Å². The maximum atomic E-state index is 12.1. The zero-order chi connectivity index (χ0) is 20.2. The molecule has 0 bridgehead atoms. The van der Waals surface area contributed by atoms with Crippen molar-refractivity contribution >= 4 is 45.5 Å². The number of fused-ring (bicyclic) bond motifs is 1. The summed E-state index contributed by atoms with van der Waals surface area (Å²) in [6.45, 7) is 9.64. The van der Waals surface area contributed by atoms with Gasteiger partial charge in [-0.2, -0.15) is 0 Å². The Bertz CT molecular complexity index is 979. The molecular weight excluding hydrogens is 416 g/mol. The molecule has 3 aromatic rings. The van der Waals surface area contributed by atoms with E-state index in [1.807, 2.05) is 13.0 Å². The number of thiophene rings is 1. The first kappa shape index (κ1) is 22.6. The second-order valence-electron chi connectivity index (χ2n) is 7.58. The van der Waals surface area contributed by atoms with E-state index in [4.69, 9.17) is 4.74 Å². The van der Waals surface area contributed by atoms with Gasteiger partial charge < -0.3 is 9.64 Å². The highest BCUT2D eigenvalue weighted by molar-refractivity contribution is 7.20. The Labute approximate surface area is 188 Å². The molecule has 2 heterocycles. The molecule has 0 atom stereocenters. The van der Waals surface area contributed by atoms with Crippen molar-refractivity contribution in [3.05, 3.63) is 64.5 Å². The molecule has 4 rings (SSSR count). The number of hydrogen-bond acceptors (Lipinski definition) is 5. The Kier molecular flexibility index (Phi) is 7.75. The second kappa shape index (κ2) is 10.3. The molecule has 0 unspecified atom stereocenters. The summed E-state index contributed by atoms with van der Waals surface area (Å²) in [6, 6.07) is 17.2. The predicted octanol–water partition coefficient (Wildman–Crippen LogP) is 5.17. The van der Waals surface area contributed by atoms with E-state index in [0.29, 0.717) is 11.5 Å². The number of hydrogen-bond donors (Lipinski definition) is 0. The van der Waals surface area contributed by atoms with Gasteiger partial charge in [0.15, 0.2) is 0 Å². The lowest BCUT2D eigenvalue weighted by atomic mass is 10.1. The topological polar surface area (TPSA) is 32.8 Å². The summed E-state index contributed by atoms with van der Waals surface area (Å²) < 4.78 is 6.32. The Morgan fingerprint density at radius 3 is 2.50 bits per heavy atom. The molecule has 1 aliphatic rings. The van der Waals surface area contributed by atoms with E-state index in [-0.39, 0.29) is 18.4 Å². The van der Waals surface area contributed by atoms with Crippen LogP contribution in [-0.2, 0) is 11.2 Å². The van der Waals surface area contributed by atoms with Gasteiger partial charge >= 0.3 is 5.97 Å². The molecule has 1 fully saturated rings. The van der Waals surface area contributed by atoms with Crippen molar-refractivity contribution in [2.24, 2.45) is 0 Å². The normalized spacial score (nSPS) is 14.5. The molecule has 0 saturated carbocycles. The monoisotopic (exact) mass is 444 g/mol. The first-order chi connectivity index (χ1) is 14.1. The van der Waals surface area contributed by atoms with Crippen LogP contribution in [0.3, 0.4) is 0 Å². The van der Waals surface area contributed by atoms with Gasteiger partial charge in [-0.15, -0.1) is 23.7 Å². The molecule has 0 spiro atoms. The standard InChI is InChI=1S/C24H28N2O2S.ClH/c1-3-28-24(27)23-17-20-21(5-4-6-22(20)29-23)26-15-13-25(14-16-26)12-11-19-9-7-18(2)8-10-19;/h4-10,17H,3,11-16H2,1-2H3;1H. The van der Waals surface area contributed by atoms with Gasteiger partial charge in [-0.3, -0.25) is 4.90 Å². The van der Waals surface area contributed by atoms with Crippen molar-refractivity contribution in [2.45, 2.75) is 20.3 Å². The first-order valence-electron chi connectivity index (χ1n) is 10.4. The van der Waals surface area contributed by atoms with Gasteiger partial charge in [-0.25, -0.2) is 4.79 Å². The lowest BCUT2D eigenvalue weighted by molar-refractivity contribution is 0.0532. The van der Waals surface area contributed by atoms with Gasteiger partial charge in [-0.1, -0.05) is 35.9 Å². The molecule has 4 nitrogen and oxygen atoms in total. The van der Waals surface area contributed by atoms with Gasteiger partial charge in [0.25, 0.3) is 0 Å². The molecule has 30 heavy (non-hydrogen) atoms. The minimum atomic E-state index is -0.222. The zero-order valence-corrected chi connectivity index (χ0v) is 19.2. The molecule has 0 N–H and O–H groups in total. The lowest BCUT2D eigenvalue weighted by Crippen LogP contribution is -2.47. The molecule has 1 saturated heterocycles. The van der Waals surface area contributed by atoms with Crippen LogP contribution >= 0.6 is 23.7 Å². The average Bonchev–Trinajstić information content (AvgIpc) is 3.19. The number of carbonyl (C=O) groups excluding carboxylic acids is 1. The van der Waals surface area contributed by atoms with Crippen LogP contribution in [0.1, 0.15) is 27.7 Å². The summed E-state index contributed by atoms with van der Waals surface area (Å²) >= 11 is 1.52. The fourth-order valence-electron chi connectivity index (χ4n) is 3.88. The number of benzene rings is 2. The fourth-order valence-corrected chi connectivity index (χ4v) is 4.85. The summed E-state index contributed by atoms with van der Waals surface area (Å²) in [4.78, 5) is 17.8. The Balaban J connectivity index is 0.00000256. The number of rotatable bonds is 6. The highest BCUT2D eigenvalue weighted by Crippen LogP contribution is 2.34. The van der Waals surface area contributed by atoms with Crippen LogP contribution in [0.4, 0.5) is 5.69 Å². The smallest absolute Gasteiger partial charge is 0.348 e. The molecule has 1 aliphatic heterocycles. The third-order valence-corrected chi connectivity index (χ3v) is 6.65. The van der Waals surface area contributed by atoms with E-state index in [1.165, 1.54) is 28.2 Å². The number of carbonyl (C=O) groups is 1. The largest absolute Gasteiger partial charge is 0.462 e. The number of piperazine rings is 1. The van der Waals surface area contributed by atoms with Crippen LogP contribution in [0.5, 0.6) is 0 Å². The summed E-state index contributed by atoms with van der Waals surface area (Å²) in [5.41, 5.74) is 3.95. The molecular formula is C24H29ClN2O2S. The maximum absolute atomic E-state index is 12.1. The van der Waals surface area contributed by atoms with E-state index in [9.17, 15) is 4.79 Å². The van der Waals surface area contributed by atoms with Gasteiger partial charge in [0.2, 0.25) is 0 Å². The Morgan fingerprint density at radius 2 is 1.80 bits per heavy atom. The Morgan fingerprint density at radius 1 is 1.07 bits per heavy atom. The van der Waals surface area contributed by atoms with Crippen LogP contribution in [0.2, 0.25) is 0 Å². The SMILES string of the molecule is CCOC(=O)c1cc2c(N3CCN(CCc4ccc(C)cc4)CC3)cccc2s1.Cl. The van der Waals surface area contributed by atoms with E-state index in [1.54, 1.807) is 0 Å². The molecule has 0 aliphatic carbocycles. The zero-order valence-electron chi connectivity index (χ0n) is 17.6. The third kappa shape index (κ3) is 5.15. The number of aryl methyl sites for hydroxylation is 1. The van der Waals surface area contributed by atoms with Gasteiger partial charge in [0.05, 0.1) is 6.61 Å². The van der Waals surface area contributed by atoms with Crippen LogP contribution in [0.15, 0.2) is 48.5 Å². The van der Waals surface area contributed by atoms with Gasteiger partial charge in [0.1, 0.15) is 4.88 Å². The number of nitrogens with zero attached hydrogens (tertiary/aromatic N) is 2. The number of halogens is 1. The lowest BCUT2D eigenvalue weighted by Gasteiger charge is -2.36. The van der Waals surface area contributed by atoms with E-state index < -0.39 is 0 Å². The molecule has 0 amide bonds. The van der Waals surface area contributed by atoms with Crippen molar-refractivity contribution < 1.29 is 9.53 Å². The van der Waals surface area contributed by atoms with Gasteiger partial charge in [0, 0.05) is 48.5 Å². The third-order valence-electron chi connectivity index (χ3n) is 5.57. The van der Waals surface area contributed by atoms with E-state index in [2.05, 4.69) is 59.2 Å². The van der Waals surface area contributed by atoms with Crippen molar-refractivity contribution in [1.82, 2.24) is 4.90 Å². The number of esters is 1. The predicted molar refractivity (Wildman–Crippen MR) is 129 cm³/mol. The summed E-state index contributed by atoms with van der Waals surface area (Å²) in [7, 11) is 0. The highest BCUT2D eigenvalue weighted by atomic mass is 35.5. The number of ether oxygens (including phenoxy) is 1. The number of anilines is 1. The first-order valence-corrected chi connectivity index (χ1v) is 11.2. The van der Waals surface area contributed by atoms with Gasteiger partial charge in [-0.05, 0) is 44.0 Å².